The molecule has 0 saturated carbocycles. The van der Waals surface area contributed by atoms with Gasteiger partial charge in [-0.3, -0.25) is 4.57 Å². The maximum Gasteiger partial charge on any atom is 0.330 e. The Morgan fingerprint density at radius 1 is 1.47 bits per heavy atom. The molecule has 0 aliphatic heterocycles. The van der Waals surface area contributed by atoms with Gasteiger partial charge in [0.25, 0.3) is 0 Å². The molecule has 1 N–H and O–H groups in total. The zero-order valence-corrected chi connectivity index (χ0v) is 8.43. The summed E-state index contributed by atoms with van der Waals surface area (Å²) in [7, 11) is 1.65. The van der Waals surface area contributed by atoms with Gasteiger partial charge in [0.15, 0.2) is 0 Å². The number of H-pyrrole nitrogens is 1. The number of nitrogens with zero attached hydrogens (tertiary/aromatic N) is 1. The maximum atomic E-state index is 11.4. The molecule has 1 aromatic heterocycles. The lowest BCUT2D eigenvalue weighted by Crippen LogP contribution is -2.14. The Morgan fingerprint density at radius 2 is 2.33 bits per heavy atom. The topological polar surface area (TPSA) is 47.0 Å². The molecule has 4 heteroatoms. The van der Waals surface area contributed by atoms with Gasteiger partial charge in [-0.05, 0) is 17.7 Å². The van der Waals surface area contributed by atoms with Crippen LogP contribution in [0, 0.1) is 0 Å². The number of hydrogen-bond acceptors (Lipinski definition) is 2. The summed E-state index contributed by atoms with van der Waals surface area (Å²) in [6, 6.07) is 7.68. The van der Waals surface area contributed by atoms with Gasteiger partial charge in [0.2, 0.25) is 0 Å². The van der Waals surface area contributed by atoms with E-state index in [0.29, 0.717) is 6.61 Å². The van der Waals surface area contributed by atoms with E-state index in [0.717, 1.165) is 11.3 Å². The lowest BCUT2D eigenvalue weighted by Gasteiger charge is -2.04. The van der Waals surface area contributed by atoms with Gasteiger partial charge >= 0.3 is 5.69 Å². The molecule has 0 unspecified atom stereocenters. The van der Waals surface area contributed by atoms with Crippen LogP contribution in [0.15, 0.2) is 41.5 Å². The molecule has 0 spiro atoms. The number of nitrogens with one attached hydrogen (secondary N) is 1. The fourth-order valence-corrected chi connectivity index (χ4v) is 1.49. The van der Waals surface area contributed by atoms with Gasteiger partial charge < -0.3 is 9.72 Å². The second-order valence-electron chi connectivity index (χ2n) is 3.24. The summed E-state index contributed by atoms with van der Waals surface area (Å²) in [6.07, 6.45) is 3.32. The van der Waals surface area contributed by atoms with Gasteiger partial charge in [-0.15, -0.1) is 0 Å². The summed E-state index contributed by atoms with van der Waals surface area (Å²) in [5, 5.41) is 0. The quantitative estimate of drug-likeness (QED) is 0.819. The fourth-order valence-electron chi connectivity index (χ4n) is 1.49. The van der Waals surface area contributed by atoms with Gasteiger partial charge in [-0.2, -0.15) is 0 Å². The third kappa shape index (κ3) is 1.99. The molecule has 78 valence electrons. The summed E-state index contributed by atoms with van der Waals surface area (Å²) < 4.78 is 6.59. The molecular formula is C11H12N2O2. The molecule has 0 atom stereocenters. The first-order valence-electron chi connectivity index (χ1n) is 4.65. The minimum absolute atomic E-state index is 0.135. The van der Waals surface area contributed by atoms with Crippen LogP contribution >= 0.6 is 0 Å². The molecule has 0 saturated heterocycles. The molecule has 0 aliphatic rings. The number of imidazole rings is 1. The van der Waals surface area contributed by atoms with Crippen molar-refractivity contribution < 1.29 is 4.74 Å². The van der Waals surface area contributed by atoms with Gasteiger partial charge in [0.05, 0.1) is 12.3 Å². The Labute approximate surface area is 87.1 Å². The van der Waals surface area contributed by atoms with Crippen LogP contribution in [0.1, 0.15) is 5.56 Å². The van der Waals surface area contributed by atoms with Crippen molar-refractivity contribution in [1.29, 1.82) is 0 Å². The third-order valence-corrected chi connectivity index (χ3v) is 2.15. The van der Waals surface area contributed by atoms with E-state index in [1.165, 1.54) is 0 Å². The lowest BCUT2D eigenvalue weighted by atomic mass is 10.2. The van der Waals surface area contributed by atoms with E-state index in [1.54, 1.807) is 24.1 Å². The molecule has 2 aromatic rings. The number of ether oxygens (including phenoxy) is 1. The Morgan fingerprint density at radius 3 is 3.00 bits per heavy atom. The van der Waals surface area contributed by atoms with Crippen molar-refractivity contribution in [2.45, 2.75) is 6.61 Å². The highest BCUT2D eigenvalue weighted by Crippen LogP contribution is 2.09. The molecule has 1 heterocycles. The monoisotopic (exact) mass is 204 g/mol. The van der Waals surface area contributed by atoms with E-state index in [2.05, 4.69) is 4.98 Å². The number of aromatic amines is 1. The van der Waals surface area contributed by atoms with Crippen molar-refractivity contribution in [1.82, 2.24) is 9.55 Å². The van der Waals surface area contributed by atoms with Crippen LogP contribution < -0.4 is 5.69 Å². The Hall–Kier alpha value is -1.81. The molecular weight excluding hydrogens is 192 g/mol. The second kappa shape index (κ2) is 4.14. The van der Waals surface area contributed by atoms with Crippen molar-refractivity contribution in [3.05, 3.63) is 52.7 Å². The molecule has 0 aliphatic carbocycles. The average Bonchev–Trinajstić information content (AvgIpc) is 2.65. The SMILES string of the molecule is COCc1cccc(-n2cc[nH]c2=O)c1. The molecule has 0 radical (unpaired) electrons. The minimum Gasteiger partial charge on any atom is -0.380 e. The van der Waals surface area contributed by atoms with E-state index in [4.69, 9.17) is 4.74 Å². The number of rotatable bonds is 3. The first kappa shape index (κ1) is 9.73. The maximum absolute atomic E-state index is 11.4. The number of aromatic nitrogens is 2. The van der Waals surface area contributed by atoms with Crippen LogP contribution in [-0.2, 0) is 11.3 Å². The Kier molecular flexibility index (Phi) is 2.69. The normalized spacial score (nSPS) is 10.5. The molecule has 0 amide bonds. The fraction of sp³-hybridized carbons (Fsp3) is 0.182. The van der Waals surface area contributed by atoms with Crippen LogP contribution in [-0.4, -0.2) is 16.7 Å². The number of hydrogen-bond donors (Lipinski definition) is 1. The summed E-state index contributed by atoms with van der Waals surface area (Å²) in [5.74, 6) is 0. The molecule has 0 fully saturated rings. The predicted molar refractivity (Wildman–Crippen MR) is 57.1 cm³/mol. The largest absolute Gasteiger partial charge is 0.380 e. The zero-order chi connectivity index (χ0) is 10.7. The highest BCUT2D eigenvalue weighted by Gasteiger charge is 2.00. The van der Waals surface area contributed by atoms with Crippen LogP contribution in [0.3, 0.4) is 0 Å². The number of methoxy groups -OCH3 is 1. The minimum atomic E-state index is -0.135. The van der Waals surface area contributed by atoms with Crippen molar-refractivity contribution in [3.8, 4) is 5.69 Å². The molecule has 4 nitrogen and oxygen atoms in total. The average molecular weight is 204 g/mol. The predicted octanol–water partition coefficient (Wildman–Crippen LogP) is 1.31. The van der Waals surface area contributed by atoms with Crippen molar-refractivity contribution >= 4 is 0 Å². The summed E-state index contributed by atoms with van der Waals surface area (Å²) in [4.78, 5) is 14.0. The highest BCUT2D eigenvalue weighted by atomic mass is 16.5. The van der Waals surface area contributed by atoms with E-state index in [-0.39, 0.29) is 5.69 Å². The van der Waals surface area contributed by atoms with Crippen LogP contribution in [0.4, 0.5) is 0 Å². The summed E-state index contributed by atoms with van der Waals surface area (Å²) in [5.41, 5.74) is 1.75. The third-order valence-electron chi connectivity index (χ3n) is 2.15. The van der Waals surface area contributed by atoms with Gasteiger partial charge in [0, 0.05) is 19.5 Å². The second-order valence-corrected chi connectivity index (χ2v) is 3.24. The number of benzene rings is 1. The highest BCUT2D eigenvalue weighted by molar-refractivity contribution is 5.35. The van der Waals surface area contributed by atoms with Gasteiger partial charge in [0.1, 0.15) is 0 Å². The van der Waals surface area contributed by atoms with Gasteiger partial charge in [-0.25, -0.2) is 4.79 Å². The van der Waals surface area contributed by atoms with Crippen molar-refractivity contribution in [2.75, 3.05) is 7.11 Å². The van der Waals surface area contributed by atoms with E-state index >= 15 is 0 Å². The van der Waals surface area contributed by atoms with E-state index in [1.807, 2.05) is 24.3 Å². The smallest absolute Gasteiger partial charge is 0.330 e. The molecule has 1 aromatic carbocycles. The lowest BCUT2D eigenvalue weighted by molar-refractivity contribution is 0.185. The van der Waals surface area contributed by atoms with E-state index in [9.17, 15) is 4.79 Å². The van der Waals surface area contributed by atoms with Crippen molar-refractivity contribution in [2.24, 2.45) is 0 Å². The Balaban J connectivity index is 2.41. The summed E-state index contributed by atoms with van der Waals surface area (Å²) in [6.45, 7) is 0.549. The summed E-state index contributed by atoms with van der Waals surface area (Å²) >= 11 is 0. The first-order valence-corrected chi connectivity index (χ1v) is 4.65. The first-order chi connectivity index (χ1) is 7.31. The van der Waals surface area contributed by atoms with Crippen molar-refractivity contribution in [3.63, 3.8) is 0 Å². The van der Waals surface area contributed by atoms with Crippen LogP contribution in [0.25, 0.3) is 5.69 Å². The van der Waals surface area contributed by atoms with Crippen LogP contribution in [0.5, 0.6) is 0 Å². The Bertz CT molecular complexity index is 499. The molecule has 0 bridgehead atoms. The zero-order valence-electron chi connectivity index (χ0n) is 8.43. The molecule has 15 heavy (non-hydrogen) atoms. The standard InChI is InChI=1S/C11H12N2O2/c1-15-8-9-3-2-4-10(7-9)13-6-5-12-11(13)14/h2-7H,8H2,1H3,(H,12,14). The van der Waals surface area contributed by atoms with Crippen LogP contribution in [0.2, 0.25) is 0 Å². The molecule has 2 rings (SSSR count). The van der Waals surface area contributed by atoms with E-state index < -0.39 is 0 Å². The van der Waals surface area contributed by atoms with Gasteiger partial charge in [-0.1, -0.05) is 12.1 Å².